The molecule has 172 valence electrons. The van der Waals surface area contributed by atoms with Gasteiger partial charge in [0.1, 0.15) is 11.6 Å². The molecule has 4 N–H and O–H groups in total. The van der Waals surface area contributed by atoms with E-state index in [1.54, 1.807) is 0 Å². The summed E-state index contributed by atoms with van der Waals surface area (Å²) in [4.78, 5) is 24.5. The molecule has 0 unspecified atom stereocenters. The summed E-state index contributed by atoms with van der Waals surface area (Å²) < 4.78 is 0. The van der Waals surface area contributed by atoms with Crippen LogP contribution in [0.1, 0.15) is 18.5 Å². The smallest absolute Gasteiger partial charge is 0.227 e. The maximum Gasteiger partial charge on any atom is 0.227 e. The zero-order valence-corrected chi connectivity index (χ0v) is 19.1. The van der Waals surface area contributed by atoms with E-state index in [4.69, 9.17) is 4.98 Å². The first kappa shape index (κ1) is 21.7. The van der Waals surface area contributed by atoms with Crippen LogP contribution in [0.15, 0.2) is 46.5 Å². The molecule has 0 atom stereocenters. The Labute approximate surface area is 195 Å². The molecule has 0 spiro atoms. The van der Waals surface area contributed by atoms with E-state index < -0.39 is 0 Å². The molecule has 1 aliphatic heterocycles. The minimum atomic E-state index is 0.0960. The van der Waals surface area contributed by atoms with E-state index in [9.17, 15) is 10.0 Å². The lowest BCUT2D eigenvalue weighted by molar-refractivity contribution is -0.117. The second-order valence-electron chi connectivity index (χ2n) is 8.29. The highest BCUT2D eigenvalue weighted by Crippen LogP contribution is 2.32. The maximum atomic E-state index is 12.0. The molecular formula is C22H26N8O2S. The maximum absolute atomic E-state index is 12.0. The summed E-state index contributed by atoms with van der Waals surface area (Å²) in [6, 6.07) is 11.5. The number of hydrogen-bond donors (Lipinski definition) is 4. The number of rotatable bonds is 7. The molecule has 0 radical (unpaired) electrons. The minimum Gasteiger partial charge on any atom is -0.354 e. The van der Waals surface area contributed by atoms with E-state index in [1.165, 1.54) is 16.8 Å². The number of H-pyrrole nitrogens is 1. The van der Waals surface area contributed by atoms with E-state index in [0.29, 0.717) is 43.0 Å². The van der Waals surface area contributed by atoms with Crippen molar-refractivity contribution in [3.05, 3.63) is 42.1 Å². The predicted octanol–water partition coefficient (Wildman–Crippen LogP) is 3.26. The number of carbonyl (C=O) groups excluding carboxylic acids is 1. The molecule has 1 aromatic carbocycles. The van der Waals surface area contributed by atoms with Crippen molar-refractivity contribution in [1.82, 2.24) is 25.2 Å². The van der Waals surface area contributed by atoms with Crippen LogP contribution in [0, 0.1) is 12.8 Å². The third kappa shape index (κ3) is 5.62. The van der Waals surface area contributed by atoms with E-state index in [2.05, 4.69) is 30.7 Å². The Morgan fingerprint density at radius 1 is 1.09 bits per heavy atom. The Morgan fingerprint density at radius 3 is 2.52 bits per heavy atom. The largest absolute Gasteiger partial charge is 0.354 e. The molecule has 10 nitrogen and oxygen atoms in total. The summed E-state index contributed by atoms with van der Waals surface area (Å²) >= 11 is 1.45. The van der Waals surface area contributed by atoms with Crippen molar-refractivity contribution in [3.63, 3.8) is 0 Å². The summed E-state index contributed by atoms with van der Waals surface area (Å²) in [7, 11) is 0. The number of aryl methyl sites for hydroxylation is 1. The SMILES string of the molecule is Cc1cc(Nc2cc(N3CCN(O)CC3)nc(Sc3ccc(NC(=O)C4CC4)cc3)n2)n[nH]1. The number of nitrogens with one attached hydrogen (secondary N) is 3. The molecule has 1 aliphatic carbocycles. The topological polar surface area (TPSA) is 122 Å². The van der Waals surface area contributed by atoms with Gasteiger partial charge in [0.05, 0.1) is 0 Å². The lowest BCUT2D eigenvalue weighted by Crippen LogP contribution is -2.45. The lowest BCUT2D eigenvalue weighted by Gasteiger charge is -2.32. The van der Waals surface area contributed by atoms with Crippen LogP contribution in [0.5, 0.6) is 0 Å². The Bertz CT molecular complexity index is 1120. The van der Waals surface area contributed by atoms with Crippen LogP contribution in [0.2, 0.25) is 0 Å². The Balaban J connectivity index is 1.35. The second-order valence-corrected chi connectivity index (χ2v) is 9.33. The van der Waals surface area contributed by atoms with Crippen molar-refractivity contribution in [1.29, 1.82) is 0 Å². The van der Waals surface area contributed by atoms with Crippen molar-refractivity contribution in [2.45, 2.75) is 29.8 Å². The van der Waals surface area contributed by atoms with Crippen molar-refractivity contribution in [3.8, 4) is 0 Å². The van der Waals surface area contributed by atoms with Gasteiger partial charge in [0.15, 0.2) is 11.0 Å². The Hall–Kier alpha value is -3.15. The fourth-order valence-corrected chi connectivity index (χ4v) is 4.29. The number of aromatic amines is 1. The number of aromatic nitrogens is 4. The summed E-state index contributed by atoms with van der Waals surface area (Å²) in [5.74, 6) is 2.40. The zero-order chi connectivity index (χ0) is 22.8. The van der Waals surface area contributed by atoms with Gasteiger partial charge in [-0.3, -0.25) is 9.89 Å². The van der Waals surface area contributed by atoms with E-state index in [1.807, 2.05) is 43.3 Å². The summed E-state index contributed by atoms with van der Waals surface area (Å²) in [6.45, 7) is 4.40. The molecule has 2 aliphatic rings. The first-order valence-corrected chi connectivity index (χ1v) is 11.8. The van der Waals surface area contributed by atoms with Gasteiger partial charge in [-0.1, -0.05) is 0 Å². The number of hydrogen-bond acceptors (Lipinski definition) is 9. The Kier molecular flexibility index (Phi) is 6.16. The summed E-state index contributed by atoms with van der Waals surface area (Å²) in [5.41, 5.74) is 1.75. The molecule has 2 fully saturated rings. The van der Waals surface area contributed by atoms with Crippen LogP contribution in [-0.4, -0.2) is 62.5 Å². The monoisotopic (exact) mass is 466 g/mol. The quantitative estimate of drug-likeness (QED) is 0.389. The van der Waals surface area contributed by atoms with Crippen LogP contribution in [0.3, 0.4) is 0 Å². The molecule has 33 heavy (non-hydrogen) atoms. The highest BCUT2D eigenvalue weighted by Gasteiger charge is 2.29. The standard InChI is InChI=1S/C22H26N8O2S/c1-14-12-19(28-27-14)24-18-13-20(29-8-10-30(32)11-9-29)26-22(25-18)33-17-6-4-16(5-7-17)23-21(31)15-2-3-15/h4-7,12-13,15,32H,2-3,8-11H2,1H3,(H,23,31)(H2,24,25,26,27,28). The fraction of sp³-hybridized carbons (Fsp3) is 0.364. The van der Waals surface area contributed by atoms with Gasteiger partial charge in [0, 0.05) is 60.5 Å². The normalized spacial score (nSPS) is 16.6. The predicted molar refractivity (Wildman–Crippen MR) is 126 cm³/mol. The van der Waals surface area contributed by atoms with Gasteiger partial charge in [-0.05, 0) is 55.8 Å². The average molecular weight is 467 g/mol. The number of piperazine rings is 1. The van der Waals surface area contributed by atoms with Crippen LogP contribution < -0.4 is 15.5 Å². The number of hydroxylamine groups is 2. The average Bonchev–Trinajstić information content (AvgIpc) is 3.58. The van der Waals surface area contributed by atoms with Gasteiger partial charge in [-0.25, -0.2) is 9.97 Å². The van der Waals surface area contributed by atoms with Crippen LogP contribution in [-0.2, 0) is 4.79 Å². The second kappa shape index (κ2) is 9.38. The number of benzene rings is 1. The van der Waals surface area contributed by atoms with E-state index >= 15 is 0 Å². The van der Waals surface area contributed by atoms with Gasteiger partial charge in [-0.2, -0.15) is 10.2 Å². The van der Waals surface area contributed by atoms with Gasteiger partial charge in [-0.15, -0.1) is 0 Å². The first-order valence-electron chi connectivity index (χ1n) is 11.0. The van der Waals surface area contributed by atoms with Crippen molar-refractivity contribution < 1.29 is 10.0 Å². The number of carbonyl (C=O) groups is 1. The lowest BCUT2D eigenvalue weighted by atomic mass is 10.3. The van der Waals surface area contributed by atoms with E-state index in [-0.39, 0.29) is 11.8 Å². The molecule has 0 bridgehead atoms. The number of amides is 1. The molecule has 3 aromatic rings. The molecule has 1 amide bonds. The van der Waals surface area contributed by atoms with Gasteiger partial charge >= 0.3 is 0 Å². The third-order valence-corrected chi connectivity index (χ3v) is 6.39. The first-order chi connectivity index (χ1) is 16.0. The van der Waals surface area contributed by atoms with Crippen LogP contribution in [0.25, 0.3) is 0 Å². The van der Waals surface area contributed by atoms with Gasteiger partial charge in [0.25, 0.3) is 0 Å². The summed E-state index contributed by atoms with van der Waals surface area (Å²) in [6.07, 6.45) is 1.96. The molecular weight excluding hydrogens is 440 g/mol. The number of nitrogens with zero attached hydrogens (tertiary/aromatic N) is 5. The Morgan fingerprint density at radius 2 is 1.85 bits per heavy atom. The minimum absolute atomic E-state index is 0.0960. The molecule has 11 heteroatoms. The zero-order valence-electron chi connectivity index (χ0n) is 18.3. The van der Waals surface area contributed by atoms with Gasteiger partial charge in [0.2, 0.25) is 5.91 Å². The van der Waals surface area contributed by atoms with Crippen molar-refractivity contribution in [2.24, 2.45) is 5.92 Å². The van der Waals surface area contributed by atoms with Gasteiger partial charge < -0.3 is 20.7 Å². The third-order valence-electron chi connectivity index (χ3n) is 5.51. The highest BCUT2D eigenvalue weighted by molar-refractivity contribution is 7.99. The van der Waals surface area contributed by atoms with E-state index in [0.717, 1.165) is 34.9 Å². The molecule has 5 rings (SSSR count). The molecule has 1 saturated carbocycles. The van der Waals surface area contributed by atoms with Crippen molar-refractivity contribution >= 4 is 40.8 Å². The molecule has 2 aromatic heterocycles. The number of anilines is 4. The molecule has 3 heterocycles. The van der Waals surface area contributed by atoms with Crippen molar-refractivity contribution in [2.75, 3.05) is 41.7 Å². The highest BCUT2D eigenvalue weighted by atomic mass is 32.2. The fourth-order valence-electron chi connectivity index (χ4n) is 3.52. The molecule has 1 saturated heterocycles. The van der Waals surface area contributed by atoms with Crippen LogP contribution >= 0.6 is 11.8 Å². The summed E-state index contributed by atoms with van der Waals surface area (Å²) in [5, 5.41) is 25.0. The van der Waals surface area contributed by atoms with Crippen LogP contribution in [0.4, 0.5) is 23.1 Å².